The Morgan fingerprint density at radius 3 is 2.53 bits per heavy atom. The molecule has 2 rings (SSSR count). The van der Waals surface area contributed by atoms with Crippen LogP contribution in [0.1, 0.15) is 56.3 Å². The number of hydrogen-bond donors (Lipinski definition) is 2. The lowest BCUT2D eigenvalue weighted by molar-refractivity contribution is -0.116. The van der Waals surface area contributed by atoms with E-state index in [1.165, 1.54) is 0 Å². The van der Waals surface area contributed by atoms with E-state index in [1.807, 2.05) is 19.9 Å². The maximum atomic E-state index is 11.8. The average Bonchev–Trinajstić information content (AvgIpc) is 2.59. The van der Waals surface area contributed by atoms with Crippen molar-refractivity contribution in [1.82, 2.24) is 0 Å². The molecule has 1 aromatic rings. The van der Waals surface area contributed by atoms with Crippen LogP contribution in [0.5, 0.6) is 0 Å². The summed E-state index contributed by atoms with van der Waals surface area (Å²) in [6.45, 7) is 10.1. The van der Waals surface area contributed by atoms with Crippen LogP contribution in [-0.2, 0) is 4.79 Å². The van der Waals surface area contributed by atoms with E-state index in [4.69, 9.17) is 17.3 Å². The molecule has 0 saturated heterocycles. The van der Waals surface area contributed by atoms with Gasteiger partial charge in [-0.15, -0.1) is 0 Å². The minimum atomic E-state index is -0.160. The quantitative estimate of drug-likeness (QED) is 0.823. The highest BCUT2D eigenvalue weighted by Crippen LogP contribution is 2.44. The van der Waals surface area contributed by atoms with Gasteiger partial charge in [0, 0.05) is 11.7 Å². The molecule has 1 heterocycles. The Balaban J connectivity index is 2.61. The van der Waals surface area contributed by atoms with Crippen molar-refractivity contribution in [2.45, 2.75) is 46.6 Å². The van der Waals surface area contributed by atoms with Crippen molar-refractivity contribution < 1.29 is 4.79 Å². The largest absolute Gasteiger partial charge is 0.325 e. The summed E-state index contributed by atoms with van der Waals surface area (Å²) in [6.07, 6.45) is 0. The Kier molecular flexibility index (Phi) is 3.40. The third kappa shape index (κ3) is 2.26. The number of nitrogens with two attached hydrogens (primary N) is 1. The first kappa shape index (κ1) is 14.4. The predicted octanol–water partition coefficient (Wildman–Crippen LogP) is 3.75. The summed E-state index contributed by atoms with van der Waals surface area (Å²) in [7, 11) is 0. The molecule has 3 nitrogen and oxygen atoms in total. The van der Waals surface area contributed by atoms with Crippen molar-refractivity contribution in [2.75, 3.05) is 5.32 Å². The Labute approximate surface area is 119 Å². The van der Waals surface area contributed by atoms with Crippen LogP contribution in [0.2, 0.25) is 5.02 Å². The summed E-state index contributed by atoms with van der Waals surface area (Å²) < 4.78 is 0. The van der Waals surface area contributed by atoms with Crippen LogP contribution in [0.25, 0.3) is 0 Å². The molecule has 0 aromatic heterocycles. The SMILES string of the molecule is Cc1c(Cl)c(C(N)C(C)(C)C)cc2c1NC(=O)C2C. The molecule has 104 valence electrons. The fourth-order valence-corrected chi connectivity index (χ4v) is 2.69. The monoisotopic (exact) mass is 280 g/mol. The molecular formula is C15H21ClN2O. The first-order valence-corrected chi connectivity index (χ1v) is 6.91. The third-order valence-electron chi connectivity index (χ3n) is 3.93. The zero-order valence-corrected chi connectivity index (χ0v) is 12.9. The molecule has 1 aliphatic heterocycles. The number of fused-ring (bicyclic) bond motifs is 1. The molecule has 1 aliphatic rings. The maximum absolute atomic E-state index is 11.8. The van der Waals surface area contributed by atoms with E-state index in [1.54, 1.807) is 0 Å². The van der Waals surface area contributed by atoms with Crippen LogP contribution in [-0.4, -0.2) is 5.91 Å². The van der Waals surface area contributed by atoms with Crippen molar-refractivity contribution in [3.8, 4) is 0 Å². The van der Waals surface area contributed by atoms with Crippen molar-refractivity contribution in [3.05, 3.63) is 27.8 Å². The highest BCUT2D eigenvalue weighted by molar-refractivity contribution is 6.33. The molecule has 19 heavy (non-hydrogen) atoms. The summed E-state index contributed by atoms with van der Waals surface area (Å²) in [5, 5.41) is 3.56. The minimum absolute atomic E-state index is 0.0237. The number of carbonyl (C=O) groups excluding carboxylic acids is 1. The van der Waals surface area contributed by atoms with Gasteiger partial charge < -0.3 is 11.1 Å². The van der Waals surface area contributed by atoms with Gasteiger partial charge in [0.15, 0.2) is 0 Å². The number of halogens is 1. The lowest BCUT2D eigenvalue weighted by Crippen LogP contribution is -2.26. The standard InChI is InChI=1S/C15H21ClN2O/c1-7-9-6-10(13(17)15(3,4)5)11(16)8(2)12(9)18-14(7)19/h6-7,13H,17H2,1-5H3,(H,18,19). The van der Waals surface area contributed by atoms with E-state index >= 15 is 0 Å². The Morgan fingerprint density at radius 2 is 2.00 bits per heavy atom. The molecule has 4 heteroatoms. The van der Waals surface area contributed by atoms with Gasteiger partial charge in [0.05, 0.1) is 10.9 Å². The highest BCUT2D eigenvalue weighted by atomic mass is 35.5. The van der Waals surface area contributed by atoms with E-state index < -0.39 is 0 Å². The molecule has 2 unspecified atom stereocenters. The van der Waals surface area contributed by atoms with Crippen molar-refractivity contribution >= 4 is 23.2 Å². The zero-order chi connectivity index (χ0) is 14.5. The van der Waals surface area contributed by atoms with Gasteiger partial charge >= 0.3 is 0 Å². The fraction of sp³-hybridized carbons (Fsp3) is 0.533. The molecular weight excluding hydrogens is 260 g/mol. The summed E-state index contributed by atoms with van der Waals surface area (Å²) in [4.78, 5) is 11.8. The van der Waals surface area contributed by atoms with E-state index in [9.17, 15) is 4.79 Å². The number of hydrogen-bond acceptors (Lipinski definition) is 2. The third-order valence-corrected chi connectivity index (χ3v) is 4.44. The van der Waals surface area contributed by atoms with Crippen LogP contribution in [0.4, 0.5) is 5.69 Å². The van der Waals surface area contributed by atoms with Crippen LogP contribution >= 0.6 is 11.6 Å². The molecule has 1 aromatic carbocycles. The second-order valence-corrected chi connectivity index (χ2v) is 6.80. The second-order valence-electron chi connectivity index (χ2n) is 6.42. The van der Waals surface area contributed by atoms with Gasteiger partial charge in [0.1, 0.15) is 0 Å². The van der Waals surface area contributed by atoms with E-state index in [-0.39, 0.29) is 23.3 Å². The first-order valence-electron chi connectivity index (χ1n) is 6.54. The van der Waals surface area contributed by atoms with Crippen LogP contribution in [0.3, 0.4) is 0 Å². The van der Waals surface area contributed by atoms with Gasteiger partial charge in [0.2, 0.25) is 5.91 Å². The predicted molar refractivity (Wildman–Crippen MR) is 79.6 cm³/mol. The maximum Gasteiger partial charge on any atom is 0.231 e. The smallest absolute Gasteiger partial charge is 0.231 e. The van der Waals surface area contributed by atoms with E-state index in [0.717, 1.165) is 22.4 Å². The highest BCUT2D eigenvalue weighted by Gasteiger charge is 2.32. The molecule has 2 atom stereocenters. The van der Waals surface area contributed by atoms with Gasteiger partial charge in [-0.25, -0.2) is 0 Å². The van der Waals surface area contributed by atoms with Crippen LogP contribution < -0.4 is 11.1 Å². The first-order chi connectivity index (χ1) is 8.64. The molecule has 0 spiro atoms. The Morgan fingerprint density at radius 1 is 1.42 bits per heavy atom. The summed E-state index contributed by atoms with van der Waals surface area (Å²) in [5.41, 5.74) is 9.94. The van der Waals surface area contributed by atoms with Gasteiger partial charge in [-0.3, -0.25) is 4.79 Å². The molecule has 1 amide bonds. The normalized spacial score (nSPS) is 20.2. The minimum Gasteiger partial charge on any atom is -0.325 e. The molecule has 0 fully saturated rings. The summed E-state index contributed by atoms with van der Waals surface area (Å²) >= 11 is 6.44. The molecule has 0 aliphatic carbocycles. The topological polar surface area (TPSA) is 55.1 Å². The van der Waals surface area contributed by atoms with Gasteiger partial charge in [0.25, 0.3) is 0 Å². The van der Waals surface area contributed by atoms with Crippen molar-refractivity contribution in [2.24, 2.45) is 11.1 Å². The zero-order valence-electron chi connectivity index (χ0n) is 12.1. The second kappa shape index (κ2) is 4.50. The molecule has 0 bridgehead atoms. The lowest BCUT2D eigenvalue weighted by Gasteiger charge is -2.29. The van der Waals surface area contributed by atoms with Gasteiger partial charge in [-0.05, 0) is 42.0 Å². The number of anilines is 1. The molecule has 0 radical (unpaired) electrons. The van der Waals surface area contributed by atoms with E-state index in [0.29, 0.717) is 5.02 Å². The summed E-state index contributed by atoms with van der Waals surface area (Å²) in [5.74, 6) is -0.118. The number of amides is 1. The van der Waals surface area contributed by atoms with Crippen molar-refractivity contribution in [1.29, 1.82) is 0 Å². The Hall–Kier alpha value is -1.06. The number of benzene rings is 1. The average molecular weight is 281 g/mol. The van der Waals surface area contributed by atoms with Crippen LogP contribution in [0.15, 0.2) is 6.07 Å². The lowest BCUT2D eigenvalue weighted by atomic mass is 9.81. The van der Waals surface area contributed by atoms with Gasteiger partial charge in [-0.1, -0.05) is 32.4 Å². The molecule has 3 N–H and O–H groups in total. The Bertz CT molecular complexity index is 546. The fourth-order valence-electron chi connectivity index (χ4n) is 2.42. The van der Waals surface area contributed by atoms with Crippen molar-refractivity contribution in [3.63, 3.8) is 0 Å². The summed E-state index contributed by atoms with van der Waals surface area (Å²) in [6, 6.07) is 1.83. The van der Waals surface area contributed by atoms with E-state index in [2.05, 4.69) is 26.1 Å². The van der Waals surface area contributed by atoms with Crippen LogP contribution in [0, 0.1) is 12.3 Å². The van der Waals surface area contributed by atoms with Gasteiger partial charge in [-0.2, -0.15) is 0 Å². The molecule has 0 saturated carbocycles. The number of carbonyl (C=O) groups is 1. The number of rotatable bonds is 1. The number of nitrogens with one attached hydrogen (secondary N) is 1.